The Bertz CT molecular complexity index is 1380. The maximum absolute atomic E-state index is 12.8. The quantitative estimate of drug-likeness (QED) is 0.305. The molecule has 2 aromatic carbocycles. The molecule has 3 amide bonds. The third kappa shape index (κ3) is 4.26. The van der Waals surface area contributed by atoms with E-state index in [2.05, 4.69) is 32.0 Å². The van der Waals surface area contributed by atoms with Crippen molar-refractivity contribution in [3.05, 3.63) is 75.6 Å². The highest BCUT2D eigenvalue weighted by Crippen LogP contribution is 2.47. The average Bonchev–Trinajstić information content (AvgIpc) is 3.62. The number of carbonyl (C=O) groups excluding carboxylic acids is 3. The predicted molar refractivity (Wildman–Crippen MR) is 135 cm³/mol. The first-order valence-corrected chi connectivity index (χ1v) is 12.4. The lowest BCUT2D eigenvalue weighted by Crippen LogP contribution is -2.43. The number of aromatic nitrogens is 4. The fourth-order valence-electron chi connectivity index (χ4n) is 5.71. The summed E-state index contributed by atoms with van der Waals surface area (Å²) in [6, 6.07) is 12.4. The molecule has 2 heterocycles. The van der Waals surface area contributed by atoms with Gasteiger partial charge in [-0.15, -0.1) is 10.2 Å². The normalized spacial score (nSPS) is 17.3. The molecule has 1 fully saturated rings. The van der Waals surface area contributed by atoms with Crippen LogP contribution in [0, 0.1) is 11.3 Å². The number of nitrogens with zero attached hydrogens (tertiary/aromatic N) is 5. The minimum atomic E-state index is -0.902. The van der Waals surface area contributed by atoms with E-state index < -0.39 is 17.2 Å². The van der Waals surface area contributed by atoms with Crippen molar-refractivity contribution in [3.8, 4) is 6.07 Å². The number of likely N-dealkylation sites (tertiary alicyclic amines) is 1. The summed E-state index contributed by atoms with van der Waals surface area (Å²) in [6.45, 7) is 1.07. The molecule has 1 aliphatic heterocycles. The smallest absolute Gasteiger partial charge is 0.248 e. The first-order valence-electron chi connectivity index (χ1n) is 12.4. The summed E-state index contributed by atoms with van der Waals surface area (Å²) in [5.41, 5.74) is 14.4. The summed E-state index contributed by atoms with van der Waals surface area (Å²) in [5.74, 6) is -0.806. The molecule has 12 nitrogen and oxygen atoms in total. The number of aromatic amines is 1. The van der Waals surface area contributed by atoms with Crippen LogP contribution in [-0.4, -0.2) is 68.9 Å². The van der Waals surface area contributed by atoms with E-state index >= 15 is 0 Å². The van der Waals surface area contributed by atoms with Crippen molar-refractivity contribution in [3.63, 3.8) is 0 Å². The molecule has 1 saturated heterocycles. The van der Waals surface area contributed by atoms with Crippen molar-refractivity contribution in [2.24, 2.45) is 11.5 Å². The zero-order chi connectivity index (χ0) is 26.9. The van der Waals surface area contributed by atoms with Gasteiger partial charge in [-0.2, -0.15) is 10.5 Å². The van der Waals surface area contributed by atoms with E-state index in [0.717, 1.165) is 28.7 Å². The van der Waals surface area contributed by atoms with Crippen molar-refractivity contribution in [1.29, 1.82) is 5.26 Å². The van der Waals surface area contributed by atoms with Crippen LogP contribution in [0.2, 0.25) is 0 Å². The minimum absolute atomic E-state index is 0.0848. The number of tetrazole rings is 1. The molecule has 1 atom stereocenters. The molecule has 6 N–H and O–H groups in total. The number of primary amides is 2. The van der Waals surface area contributed by atoms with Crippen LogP contribution in [-0.2, 0) is 16.6 Å². The number of fused-ring (bicyclic) bond motifs is 2. The van der Waals surface area contributed by atoms with Crippen molar-refractivity contribution >= 4 is 17.7 Å². The van der Waals surface area contributed by atoms with Crippen LogP contribution in [0.1, 0.15) is 68.1 Å². The Morgan fingerprint density at radius 1 is 1.11 bits per heavy atom. The first kappa shape index (κ1) is 25.0. The van der Waals surface area contributed by atoms with Crippen molar-refractivity contribution in [2.75, 3.05) is 19.6 Å². The maximum atomic E-state index is 12.8. The summed E-state index contributed by atoms with van der Waals surface area (Å²) in [6.07, 6.45) is 2.40. The van der Waals surface area contributed by atoms with Gasteiger partial charge >= 0.3 is 0 Å². The highest BCUT2D eigenvalue weighted by molar-refractivity contribution is 5.94. The zero-order valence-electron chi connectivity index (χ0n) is 20.6. The molecule has 3 aromatic rings. The van der Waals surface area contributed by atoms with E-state index in [1.165, 1.54) is 0 Å². The summed E-state index contributed by atoms with van der Waals surface area (Å²) in [7, 11) is 0. The van der Waals surface area contributed by atoms with Gasteiger partial charge in [0.2, 0.25) is 17.7 Å². The lowest BCUT2D eigenvalue weighted by molar-refractivity contribution is -0.130. The molecule has 0 saturated carbocycles. The molecule has 194 valence electrons. The van der Waals surface area contributed by atoms with E-state index in [0.29, 0.717) is 49.3 Å². The van der Waals surface area contributed by atoms with Crippen molar-refractivity contribution < 1.29 is 14.4 Å². The molecule has 0 spiro atoms. The van der Waals surface area contributed by atoms with Crippen molar-refractivity contribution in [2.45, 2.75) is 37.1 Å². The van der Waals surface area contributed by atoms with Gasteiger partial charge in [0, 0.05) is 17.7 Å². The molecular weight excluding hydrogens is 486 g/mol. The van der Waals surface area contributed by atoms with Crippen LogP contribution in [0.3, 0.4) is 0 Å². The number of nitriles is 1. The largest absolute Gasteiger partial charge is 0.366 e. The summed E-state index contributed by atoms with van der Waals surface area (Å²) in [4.78, 5) is 38.3. The number of carbonyl (C=O) groups is 3. The SMILES string of the molecule is N#C[C@@H]1CCCN1C(=O)CNCCC1(c2nn[nH]n2)c2ccc(C(N)=O)cc2Cc2cc(C(N)=O)ccc21. The molecule has 0 bridgehead atoms. The number of hydrogen-bond donors (Lipinski definition) is 4. The Morgan fingerprint density at radius 2 is 1.76 bits per heavy atom. The lowest BCUT2D eigenvalue weighted by atomic mass is 9.63. The maximum Gasteiger partial charge on any atom is 0.248 e. The minimum Gasteiger partial charge on any atom is -0.366 e. The van der Waals surface area contributed by atoms with Gasteiger partial charge in [0.05, 0.1) is 18.0 Å². The third-order valence-corrected chi connectivity index (χ3v) is 7.48. The van der Waals surface area contributed by atoms with E-state index in [-0.39, 0.29) is 18.5 Å². The topological polar surface area (TPSA) is 197 Å². The molecule has 5 rings (SSSR count). The molecule has 1 aliphatic carbocycles. The molecule has 0 radical (unpaired) electrons. The van der Waals surface area contributed by atoms with Crippen molar-refractivity contribution in [1.82, 2.24) is 30.8 Å². The van der Waals surface area contributed by atoms with E-state index in [1.807, 2.05) is 12.1 Å². The Hall–Kier alpha value is -4.63. The van der Waals surface area contributed by atoms with Crippen LogP contribution in [0.5, 0.6) is 0 Å². The fourth-order valence-corrected chi connectivity index (χ4v) is 5.71. The number of hydrogen-bond acceptors (Lipinski definition) is 8. The molecule has 1 aromatic heterocycles. The predicted octanol–water partition coefficient (Wildman–Crippen LogP) is 0.130. The second-order valence-corrected chi connectivity index (χ2v) is 9.59. The monoisotopic (exact) mass is 513 g/mol. The van der Waals surface area contributed by atoms with Crippen LogP contribution in [0.4, 0.5) is 0 Å². The van der Waals surface area contributed by atoms with Gasteiger partial charge in [0.1, 0.15) is 6.04 Å². The standard InChI is InChI=1S/C26H27N9O3/c27-13-19-2-1-9-35(19)22(36)14-30-8-7-26(25-31-33-34-32-25)20-5-3-15(23(28)37)10-17(20)12-18-11-16(24(29)38)4-6-21(18)26/h3-6,10-11,19,30H,1-2,7-9,12,14H2,(H2,28,37)(H2,29,38)(H,31,32,33,34)/t19-/m0/s1. The molecule has 0 unspecified atom stereocenters. The van der Waals surface area contributed by atoms with E-state index in [9.17, 15) is 19.6 Å². The van der Waals surface area contributed by atoms with Crippen LogP contribution in [0.25, 0.3) is 0 Å². The number of benzene rings is 2. The Balaban J connectivity index is 1.52. The summed E-state index contributed by atoms with van der Waals surface area (Å²) in [5, 5.41) is 27.6. The molecule has 38 heavy (non-hydrogen) atoms. The van der Waals surface area contributed by atoms with Crippen LogP contribution < -0.4 is 16.8 Å². The van der Waals surface area contributed by atoms with Gasteiger partial charge in [-0.3, -0.25) is 14.4 Å². The Morgan fingerprint density at radius 3 is 2.32 bits per heavy atom. The second kappa shape index (κ2) is 10.0. The van der Waals surface area contributed by atoms with E-state index in [4.69, 9.17) is 11.5 Å². The molecular formula is C26H27N9O3. The average molecular weight is 514 g/mol. The first-order chi connectivity index (χ1) is 18.3. The molecule has 12 heteroatoms. The number of nitrogens with one attached hydrogen (secondary N) is 2. The van der Waals surface area contributed by atoms with Gasteiger partial charge in [-0.1, -0.05) is 17.3 Å². The van der Waals surface area contributed by atoms with Crippen LogP contribution in [0.15, 0.2) is 36.4 Å². The van der Waals surface area contributed by atoms with E-state index in [1.54, 1.807) is 29.2 Å². The number of rotatable bonds is 8. The summed E-state index contributed by atoms with van der Waals surface area (Å²) < 4.78 is 0. The van der Waals surface area contributed by atoms with Gasteiger partial charge in [-0.05, 0) is 78.7 Å². The van der Waals surface area contributed by atoms with Gasteiger partial charge in [0.15, 0.2) is 5.82 Å². The second-order valence-electron chi connectivity index (χ2n) is 9.59. The lowest BCUT2D eigenvalue weighted by Gasteiger charge is -2.39. The number of H-pyrrole nitrogens is 1. The van der Waals surface area contributed by atoms with Gasteiger partial charge < -0.3 is 21.7 Å². The summed E-state index contributed by atoms with van der Waals surface area (Å²) >= 11 is 0. The zero-order valence-corrected chi connectivity index (χ0v) is 20.6. The Labute approximate surface area is 218 Å². The number of amides is 3. The highest BCUT2D eigenvalue weighted by Gasteiger charge is 2.45. The molecule has 2 aliphatic rings. The Kier molecular flexibility index (Phi) is 6.61. The van der Waals surface area contributed by atoms with Gasteiger partial charge in [-0.25, -0.2) is 0 Å². The highest BCUT2D eigenvalue weighted by atomic mass is 16.2. The fraction of sp³-hybridized carbons (Fsp3) is 0.346. The third-order valence-electron chi connectivity index (χ3n) is 7.48. The van der Waals surface area contributed by atoms with Gasteiger partial charge in [0.25, 0.3) is 0 Å². The number of nitrogens with two attached hydrogens (primary N) is 2. The van der Waals surface area contributed by atoms with Crippen LogP contribution >= 0.6 is 0 Å².